The minimum Gasteiger partial charge on any atom is -0.357 e. The molecule has 0 fully saturated rings. The van der Waals surface area contributed by atoms with Gasteiger partial charge in [-0.3, -0.25) is 19.3 Å². The van der Waals surface area contributed by atoms with Crippen LogP contribution in [-0.2, 0) is 6.42 Å². The Morgan fingerprint density at radius 1 is 1.03 bits per heavy atom. The Balaban J connectivity index is 1.84. The highest BCUT2D eigenvalue weighted by Crippen LogP contribution is 2.28. The number of nitrogens with zero attached hydrogens (tertiary/aromatic N) is 3. The van der Waals surface area contributed by atoms with Crippen LogP contribution in [0.2, 0.25) is 0 Å². The van der Waals surface area contributed by atoms with Crippen LogP contribution in [0.1, 0.15) is 17.2 Å². The lowest BCUT2D eigenvalue weighted by atomic mass is 9.98. The largest absolute Gasteiger partial charge is 0.376 e. The number of nitro groups is 1. The van der Waals surface area contributed by atoms with E-state index in [1.807, 2.05) is 30.3 Å². The van der Waals surface area contributed by atoms with Crippen LogP contribution < -0.4 is 10.9 Å². The molecule has 4 rings (SSSR count). The van der Waals surface area contributed by atoms with Crippen molar-refractivity contribution in [1.29, 1.82) is 0 Å². The number of hydrogen-bond acceptors (Lipinski definition) is 5. The molecule has 0 saturated heterocycles. The number of nitrogens with one attached hydrogen (secondary N) is 1. The molecule has 0 aliphatic carbocycles. The summed E-state index contributed by atoms with van der Waals surface area (Å²) in [5.74, 6) is -0.647. The van der Waals surface area contributed by atoms with Crippen LogP contribution in [0.3, 0.4) is 0 Å². The molecule has 2 aromatic heterocycles. The molecule has 1 N–H and O–H groups in total. The predicted octanol–water partition coefficient (Wildman–Crippen LogP) is 4.14. The average Bonchev–Trinajstić information content (AvgIpc) is 2.74. The molecule has 0 bridgehead atoms. The van der Waals surface area contributed by atoms with Crippen molar-refractivity contribution in [2.45, 2.75) is 12.5 Å². The van der Waals surface area contributed by atoms with Gasteiger partial charge in [-0.2, -0.15) is 0 Å². The van der Waals surface area contributed by atoms with Gasteiger partial charge in [-0.15, -0.1) is 0 Å². The zero-order valence-electron chi connectivity index (χ0n) is 15.7. The summed E-state index contributed by atoms with van der Waals surface area (Å²) < 4.78 is 15.7. The molecule has 0 aliphatic rings. The van der Waals surface area contributed by atoms with Gasteiger partial charge in [0.05, 0.1) is 11.0 Å². The first-order valence-electron chi connectivity index (χ1n) is 9.25. The summed E-state index contributed by atoms with van der Waals surface area (Å²) in [6, 6.07) is 19.7. The first-order chi connectivity index (χ1) is 14.5. The monoisotopic (exact) mass is 404 g/mol. The lowest BCUT2D eigenvalue weighted by Crippen LogP contribution is -2.23. The predicted molar refractivity (Wildman–Crippen MR) is 111 cm³/mol. The van der Waals surface area contributed by atoms with Crippen molar-refractivity contribution in [3.8, 4) is 0 Å². The maximum atomic E-state index is 14.6. The van der Waals surface area contributed by atoms with Crippen molar-refractivity contribution in [2.24, 2.45) is 0 Å². The molecular weight excluding hydrogens is 387 g/mol. The molecule has 2 heterocycles. The van der Waals surface area contributed by atoms with Crippen LogP contribution >= 0.6 is 0 Å². The zero-order valence-corrected chi connectivity index (χ0v) is 15.7. The minimum absolute atomic E-state index is 0.194. The van der Waals surface area contributed by atoms with E-state index in [0.717, 1.165) is 9.96 Å². The van der Waals surface area contributed by atoms with Crippen LogP contribution in [0.15, 0.2) is 83.8 Å². The van der Waals surface area contributed by atoms with Gasteiger partial charge >= 0.3 is 11.2 Å². The third-order valence-electron chi connectivity index (χ3n) is 4.77. The molecule has 0 radical (unpaired) electrons. The maximum absolute atomic E-state index is 14.6. The molecule has 30 heavy (non-hydrogen) atoms. The number of anilines is 1. The second-order valence-corrected chi connectivity index (χ2v) is 6.71. The van der Waals surface area contributed by atoms with Gasteiger partial charge in [0.2, 0.25) is 5.82 Å². The number of halogens is 1. The quantitative estimate of drug-likeness (QED) is 0.385. The molecule has 7 nitrogen and oxygen atoms in total. The van der Waals surface area contributed by atoms with E-state index in [1.165, 1.54) is 12.3 Å². The average molecular weight is 404 g/mol. The van der Waals surface area contributed by atoms with Crippen molar-refractivity contribution >= 4 is 17.2 Å². The van der Waals surface area contributed by atoms with Crippen molar-refractivity contribution in [2.75, 3.05) is 5.32 Å². The van der Waals surface area contributed by atoms with Crippen LogP contribution in [0.5, 0.6) is 0 Å². The Morgan fingerprint density at radius 2 is 1.73 bits per heavy atom. The van der Waals surface area contributed by atoms with E-state index in [-0.39, 0.29) is 11.5 Å². The van der Waals surface area contributed by atoms with E-state index in [9.17, 15) is 19.3 Å². The Labute approximate surface area is 170 Å². The number of fused-ring (bicyclic) bond motifs is 1. The van der Waals surface area contributed by atoms with E-state index in [1.54, 1.807) is 36.4 Å². The Bertz CT molecular complexity index is 1270. The lowest BCUT2D eigenvalue weighted by molar-refractivity contribution is -0.385. The maximum Gasteiger partial charge on any atom is 0.376 e. The fourth-order valence-electron chi connectivity index (χ4n) is 3.36. The summed E-state index contributed by atoms with van der Waals surface area (Å²) in [5, 5.41) is 14.6. The van der Waals surface area contributed by atoms with Gasteiger partial charge in [-0.05, 0) is 30.2 Å². The lowest BCUT2D eigenvalue weighted by Gasteiger charge is -2.20. The Hall–Kier alpha value is -4.07. The molecule has 0 saturated carbocycles. The van der Waals surface area contributed by atoms with Gasteiger partial charge in [0.15, 0.2) is 0 Å². The highest BCUT2D eigenvalue weighted by atomic mass is 19.1. The second kappa shape index (κ2) is 8.12. The summed E-state index contributed by atoms with van der Waals surface area (Å²) >= 11 is 0. The van der Waals surface area contributed by atoms with Crippen LogP contribution in [0.4, 0.5) is 15.9 Å². The standard InChI is InChI=1S/C22H17FN4O3/c23-17-11-5-4-10-16(17)18(14-15-8-2-1-3-9-15)24-21-20(27(29)30)22(28)26-13-7-6-12-19(26)25-21/h1-13,18,24H,14H2. The second-order valence-electron chi connectivity index (χ2n) is 6.71. The van der Waals surface area contributed by atoms with Crippen LogP contribution in [-0.4, -0.2) is 14.3 Å². The zero-order chi connectivity index (χ0) is 21.1. The van der Waals surface area contributed by atoms with Crippen LogP contribution in [0, 0.1) is 15.9 Å². The number of aromatic nitrogens is 2. The first kappa shape index (κ1) is 19.3. The van der Waals surface area contributed by atoms with Crippen molar-refractivity contribution in [3.05, 3.63) is 116 Å². The summed E-state index contributed by atoms with van der Waals surface area (Å²) in [5.41, 5.74) is -0.0140. The molecule has 8 heteroatoms. The number of rotatable bonds is 6. The van der Waals surface area contributed by atoms with Gasteiger partial charge < -0.3 is 5.32 Å². The highest BCUT2D eigenvalue weighted by Gasteiger charge is 2.27. The van der Waals surface area contributed by atoms with E-state index in [0.29, 0.717) is 12.0 Å². The van der Waals surface area contributed by atoms with Crippen molar-refractivity contribution in [3.63, 3.8) is 0 Å². The number of pyridine rings is 1. The fraction of sp³-hybridized carbons (Fsp3) is 0.0909. The van der Waals surface area contributed by atoms with Crippen molar-refractivity contribution < 1.29 is 9.31 Å². The smallest absolute Gasteiger partial charge is 0.357 e. The van der Waals surface area contributed by atoms with E-state index < -0.39 is 28.0 Å². The van der Waals surface area contributed by atoms with Crippen LogP contribution in [0.25, 0.3) is 5.65 Å². The normalized spacial score (nSPS) is 11.9. The molecule has 4 aromatic rings. The third kappa shape index (κ3) is 3.75. The Kier molecular flexibility index (Phi) is 5.21. The fourth-order valence-corrected chi connectivity index (χ4v) is 3.36. The molecule has 1 unspecified atom stereocenters. The SMILES string of the molecule is O=c1c([N+](=O)[O-])c(NC(Cc2ccccc2)c2ccccc2F)nc2ccccn12. The van der Waals surface area contributed by atoms with Gasteiger partial charge in [-0.25, -0.2) is 9.37 Å². The molecule has 1 atom stereocenters. The van der Waals surface area contributed by atoms with E-state index >= 15 is 0 Å². The summed E-state index contributed by atoms with van der Waals surface area (Å²) in [6.07, 6.45) is 1.76. The third-order valence-corrected chi connectivity index (χ3v) is 4.77. The first-order valence-corrected chi connectivity index (χ1v) is 9.25. The Morgan fingerprint density at radius 3 is 2.47 bits per heavy atom. The molecular formula is C22H17FN4O3. The molecule has 2 aromatic carbocycles. The van der Waals surface area contributed by atoms with E-state index in [2.05, 4.69) is 10.3 Å². The topological polar surface area (TPSA) is 89.5 Å². The molecule has 0 amide bonds. The minimum atomic E-state index is -0.805. The van der Waals surface area contributed by atoms with Gasteiger partial charge in [0, 0.05) is 11.8 Å². The molecule has 150 valence electrons. The van der Waals surface area contributed by atoms with Gasteiger partial charge in [0.25, 0.3) is 0 Å². The number of benzene rings is 2. The highest BCUT2D eigenvalue weighted by molar-refractivity contribution is 5.60. The summed E-state index contributed by atoms with van der Waals surface area (Å²) in [4.78, 5) is 27.9. The van der Waals surface area contributed by atoms with Crippen molar-refractivity contribution in [1.82, 2.24) is 9.38 Å². The molecule has 0 aliphatic heterocycles. The summed E-state index contributed by atoms with van der Waals surface area (Å²) in [6.45, 7) is 0. The van der Waals surface area contributed by atoms with Gasteiger partial charge in [-0.1, -0.05) is 54.6 Å². The number of hydrogen-bond donors (Lipinski definition) is 1. The van der Waals surface area contributed by atoms with Gasteiger partial charge in [0.1, 0.15) is 11.5 Å². The molecule has 0 spiro atoms. The summed E-state index contributed by atoms with van der Waals surface area (Å²) in [7, 11) is 0. The van der Waals surface area contributed by atoms with E-state index in [4.69, 9.17) is 0 Å².